The number of benzene rings is 1. The molecule has 1 amide bonds. The number of hydrogen-bond donors (Lipinski definition) is 2. The average Bonchev–Trinajstić information content (AvgIpc) is 3.40. The van der Waals surface area contributed by atoms with Crippen LogP contribution in [0.15, 0.2) is 24.3 Å². The summed E-state index contributed by atoms with van der Waals surface area (Å²) >= 11 is 0. The predicted molar refractivity (Wildman–Crippen MR) is 90.5 cm³/mol. The standard InChI is InChI=1S/C19H26FNO4/c1-2-8-21(10-13-11-25-12-16(22)17(13)23)18(24)19(6-7-19)14-4-3-5-15(20)9-14/h3-5,9,13,16-17,22-23H,2,6-8,10-12H2,1H3/t13-,16-,17+/m1/s1. The number of amides is 1. The topological polar surface area (TPSA) is 70.0 Å². The normalized spacial score (nSPS) is 27.8. The monoisotopic (exact) mass is 351 g/mol. The minimum absolute atomic E-state index is 0.0211. The Bertz CT molecular complexity index is 619. The zero-order valence-electron chi connectivity index (χ0n) is 14.5. The van der Waals surface area contributed by atoms with Crippen LogP contribution in [0.25, 0.3) is 0 Å². The van der Waals surface area contributed by atoms with E-state index in [9.17, 15) is 19.4 Å². The van der Waals surface area contributed by atoms with Crippen molar-refractivity contribution in [3.63, 3.8) is 0 Å². The molecule has 0 spiro atoms. The van der Waals surface area contributed by atoms with Gasteiger partial charge in [0.15, 0.2) is 0 Å². The average molecular weight is 351 g/mol. The maximum absolute atomic E-state index is 13.6. The minimum atomic E-state index is -0.921. The first kappa shape index (κ1) is 18.3. The van der Waals surface area contributed by atoms with Gasteiger partial charge in [-0.25, -0.2) is 4.39 Å². The SMILES string of the molecule is CCCN(C[C@@H]1COC[C@@H](O)[C@H]1O)C(=O)C1(c2cccc(F)c2)CC1. The van der Waals surface area contributed by atoms with Gasteiger partial charge in [0.05, 0.1) is 24.7 Å². The second-order valence-electron chi connectivity index (χ2n) is 7.20. The van der Waals surface area contributed by atoms with Crippen LogP contribution in [-0.2, 0) is 14.9 Å². The second kappa shape index (κ2) is 7.40. The summed E-state index contributed by atoms with van der Waals surface area (Å²) in [5.74, 6) is -0.674. The quantitative estimate of drug-likeness (QED) is 0.814. The Hall–Kier alpha value is -1.50. The van der Waals surface area contributed by atoms with Gasteiger partial charge < -0.3 is 19.8 Å². The van der Waals surface area contributed by atoms with E-state index in [1.165, 1.54) is 12.1 Å². The highest BCUT2D eigenvalue weighted by molar-refractivity contribution is 5.91. The van der Waals surface area contributed by atoms with Gasteiger partial charge in [-0.15, -0.1) is 0 Å². The van der Waals surface area contributed by atoms with E-state index in [1.807, 2.05) is 6.92 Å². The zero-order chi connectivity index (χ0) is 18.0. The van der Waals surface area contributed by atoms with Crippen LogP contribution in [0.1, 0.15) is 31.7 Å². The summed E-state index contributed by atoms with van der Waals surface area (Å²) in [6.07, 6.45) is 0.390. The molecule has 1 aromatic carbocycles. The van der Waals surface area contributed by atoms with Gasteiger partial charge >= 0.3 is 0 Å². The fourth-order valence-corrected chi connectivity index (χ4v) is 3.68. The fourth-order valence-electron chi connectivity index (χ4n) is 3.68. The number of hydrogen-bond acceptors (Lipinski definition) is 4. The molecule has 1 saturated carbocycles. The van der Waals surface area contributed by atoms with Crippen LogP contribution in [0, 0.1) is 11.7 Å². The summed E-state index contributed by atoms with van der Waals surface area (Å²) in [7, 11) is 0. The molecular weight excluding hydrogens is 325 g/mol. The van der Waals surface area contributed by atoms with E-state index in [2.05, 4.69) is 0 Å². The summed E-state index contributed by atoms with van der Waals surface area (Å²) in [5, 5.41) is 20.0. The molecular formula is C19H26FNO4. The molecule has 3 rings (SSSR count). The lowest BCUT2D eigenvalue weighted by Crippen LogP contribution is -2.51. The summed E-state index contributed by atoms with van der Waals surface area (Å²) in [6, 6.07) is 6.26. The molecule has 2 fully saturated rings. The summed E-state index contributed by atoms with van der Waals surface area (Å²) in [5.41, 5.74) is 0.0789. The molecule has 1 aliphatic carbocycles. The Morgan fingerprint density at radius 2 is 2.12 bits per heavy atom. The Balaban J connectivity index is 1.77. The van der Waals surface area contributed by atoms with Crippen molar-refractivity contribution in [2.24, 2.45) is 5.92 Å². The van der Waals surface area contributed by atoms with Gasteiger partial charge in [0, 0.05) is 19.0 Å². The lowest BCUT2D eigenvalue weighted by atomic mass is 9.92. The van der Waals surface area contributed by atoms with Gasteiger partial charge in [-0.3, -0.25) is 4.79 Å². The number of halogens is 1. The third kappa shape index (κ3) is 3.71. The van der Waals surface area contributed by atoms with Crippen molar-refractivity contribution in [1.82, 2.24) is 4.90 Å². The molecule has 138 valence electrons. The molecule has 0 aromatic heterocycles. The molecule has 1 aromatic rings. The molecule has 1 heterocycles. The smallest absolute Gasteiger partial charge is 0.233 e. The van der Waals surface area contributed by atoms with Crippen molar-refractivity contribution in [3.8, 4) is 0 Å². The van der Waals surface area contributed by atoms with Crippen LogP contribution in [-0.4, -0.2) is 59.5 Å². The number of aliphatic hydroxyl groups excluding tert-OH is 2. The lowest BCUT2D eigenvalue weighted by Gasteiger charge is -2.36. The third-order valence-electron chi connectivity index (χ3n) is 5.27. The number of carbonyl (C=O) groups is 1. The Labute approximate surface area is 147 Å². The molecule has 2 N–H and O–H groups in total. The van der Waals surface area contributed by atoms with Crippen molar-refractivity contribution in [1.29, 1.82) is 0 Å². The van der Waals surface area contributed by atoms with Gasteiger partial charge in [0.1, 0.15) is 11.9 Å². The van der Waals surface area contributed by atoms with E-state index < -0.39 is 17.6 Å². The van der Waals surface area contributed by atoms with E-state index >= 15 is 0 Å². The van der Waals surface area contributed by atoms with Gasteiger partial charge in [0.25, 0.3) is 0 Å². The molecule has 2 aliphatic rings. The van der Waals surface area contributed by atoms with E-state index in [0.29, 0.717) is 32.5 Å². The zero-order valence-corrected chi connectivity index (χ0v) is 14.5. The number of nitrogens with zero attached hydrogens (tertiary/aromatic N) is 1. The molecule has 25 heavy (non-hydrogen) atoms. The maximum Gasteiger partial charge on any atom is 0.233 e. The van der Waals surface area contributed by atoms with Crippen LogP contribution in [0.3, 0.4) is 0 Å². The van der Waals surface area contributed by atoms with E-state index in [0.717, 1.165) is 12.0 Å². The maximum atomic E-state index is 13.6. The van der Waals surface area contributed by atoms with Crippen molar-refractivity contribution >= 4 is 5.91 Å². The summed E-state index contributed by atoms with van der Waals surface area (Å²) < 4.78 is 18.9. The molecule has 5 nitrogen and oxygen atoms in total. The number of rotatable bonds is 6. The minimum Gasteiger partial charge on any atom is -0.390 e. The van der Waals surface area contributed by atoms with Crippen LogP contribution in [0.2, 0.25) is 0 Å². The van der Waals surface area contributed by atoms with Gasteiger partial charge in [-0.1, -0.05) is 19.1 Å². The molecule has 0 unspecified atom stereocenters. The molecule has 6 heteroatoms. The molecule has 1 saturated heterocycles. The van der Waals surface area contributed by atoms with Gasteiger partial charge in [-0.05, 0) is 37.0 Å². The molecule has 0 radical (unpaired) electrons. The molecule has 3 atom stereocenters. The first-order valence-corrected chi connectivity index (χ1v) is 8.97. The van der Waals surface area contributed by atoms with Crippen LogP contribution >= 0.6 is 0 Å². The Kier molecular flexibility index (Phi) is 5.41. The summed E-state index contributed by atoms with van der Waals surface area (Å²) in [4.78, 5) is 15.0. The predicted octanol–water partition coefficient (Wildman–Crippen LogP) is 1.46. The largest absolute Gasteiger partial charge is 0.390 e. The second-order valence-corrected chi connectivity index (χ2v) is 7.20. The van der Waals surface area contributed by atoms with E-state index in [1.54, 1.807) is 17.0 Å². The van der Waals surface area contributed by atoms with Crippen molar-refractivity contribution in [2.45, 2.75) is 43.8 Å². The van der Waals surface area contributed by atoms with Crippen LogP contribution in [0.4, 0.5) is 4.39 Å². The van der Waals surface area contributed by atoms with Gasteiger partial charge in [-0.2, -0.15) is 0 Å². The van der Waals surface area contributed by atoms with Crippen molar-refractivity contribution in [3.05, 3.63) is 35.6 Å². The first-order chi connectivity index (χ1) is 12.0. The highest BCUT2D eigenvalue weighted by Gasteiger charge is 2.53. The molecule has 1 aliphatic heterocycles. The van der Waals surface area contributed by atoms with Crippen LogP contribution < -0.4 is 0 Å². The number of carbonyl (C=O) groups excluding carboxylic acids is 1. The number of aliphatic hydroxyl groups is 2. The van der Waals surface area contributed by atoms with E-state index in [-0.39, 0.29) is 24.2 Å². The lowest BCUT2D eigenvalue weighted by molar-refractivity contribution is -0.144. The van der Waals surface area contributed by atoms with Crippen molar-refractivity contribution in [2.75, 3.05) is 26.3 Å². The molecule has 0 bridgehead atoms. The highest BCUT2D eigenvalue weighted by Crippen LogP contribution is 2.49. The van der Waals surface area contributed by atoms with Gasteiger partial charge in [0.2, 0.25) is 5.91 Å². The fraction of sp³-hybridized carbons (Fsp3) is 0.632. The first-order valence-electron chi connectivity index (χ1n) is 8.97. The number of ether oxygens (including phenoxy) is 1. The Morgan fingerprint density at radius 1 is 1.36 bits per heavy atom. The third-order valence-corrected chi connectivity index (χ3v) is 5.27. The van der Waals surface area contributed by atoms with E-state index in [4.69, 9.17) is 4.74 Å². The summed E-state index contributed by atoms with van der Waals surface area (Å²) in [6.45, 7) is 3.33. The highest BCUT2D eigenvalue weighted by atomic mass is 19.1. The van der Waals surface area contributed by atoms with Crippen molar-refractivity contribution < 1.29 is 24.1 Å². The Morgan fingerprint density at radius 3 is 2.76 bits per heavy atom. The van der Waals surface area contributed by atoms with Crippen LogP contribution in [0.5, 0.6) is 0 Å².